The lowest BCUT2D eigenvalue weighted by Gasteiger charge is -2.39. The van der Waals surface area contributed by atoms with Crippen LogP contribution in [0.3, 0.4) is 0 Å². The molecule has 0 aromatic carbocycles. The summed E-state index contributed by atoms with van der Waals surface area (Å²) in [5.74, 6) is 0.317. The van der Waals surface area contributed by atoms with Gasteiger partial charge in [0.2, 0.25) is 5.91 Å². The minimum atomic E-state index is -0.284. The van der Waals surface area contributed by atoms with Crippen LogP contribution in [-0.2, 0) is 14.3 Å². The lowest BCUT2D eigenvalue weighted by molar-refractivity contribution is -0.150. The highest BCUT2D eigenvalue weighted by Crippen LogP contribution is 2.46. The molecule has 2 aliphatic rings. The van der Waals surface area contributed by atoms with E-state index in [1.165, 1.54) is 6.42 Å². The highest BCUT2D eigenvalue weighted by molar-refractivity contribution is 8.01. The Kier molecular flexibility index (Phi) is 3.97. The van der Waals surface area contributed by atoms with Crippen LogP contribution in [0.2, 0.25) is 0 Å². The Labute approximate surface area is 106 Å². The number of amides is 1. The second-order valence-electron chi connectivity index (χ2n) is 4.58. The van der Waals surface area contributed by atoms with Crippen LogP contribution in [0.1, 0.15) is 39.0 Å². The minimum Gasteiger partial charge on any atom is -0.465 e. The normalized spacial score (nSPS) is 23.1. The van der Waals surface area contributed by atoms with Crippen molar-refractivity contribution in [3.8, 4) is 0 Å². The van der Waals surface area contributed by atoms with E-state index in [4.69, 9.17) is 4.74 Å². The number of nitrogens with zero attached hydrogens (tertiary/aromatic N) is 1. The third-order valence-electron chi connectivity index (χ3n) is 3.48. The Morgan fingerprint density at radius 3 is 2.76 bits per heavy atom. The molecular weight excluding hydrogens is 238 g/mol. The third-order valence-corrected chi connectivity index (χ3v) is 5.04. The second kappa shape index (κ2) is 5.29. The van der Waals surface area contributed by atoms with Gasteiger partial charge in [-0.1, -0.05) is 19.3 Å². The maximum Gasteiger partial charge on any atom is 0.325 e. The maximum atomic E-state index is 11.9. The van der Waals surface area contributed by atoms with Gasteiger partial charge in [0.1, 0.15) is 6.54 Å². The van der Waals surface area contributed by atoms with Gasteiger partial charge in [-0.2, -0.15) is 0 Å². The smallest absolute Gasteiger partial charge is 0.325 e. The third kappa shape index (κ3) is 2.59. The first-order chi connectivity index (χ1) is 8.18. The number of hydrogen-bond donors (Lipinski definition) is 0. The van der Waals surface area contributed by atoms with E-state index in [1.807, 2.05) is 0 Å². The molecule has 1 saturated heterocycles. The van der Waals surface area contributed by atoms with Gasteiger partial charge in [-0.3, -0.25) is 9.59 Å². The van der Waals surface area contributed by atoms with Crippen molar-refractivity contribution in [2.75, 3.05) is 18.9 Å². The van der Waals surface area contributed by atoms with Crippen molar-refractivity contribution in [2.24, 2.45) is 0 Å². The summed E-state index contributed by atoms with van der Waals surface area (Å²) in [5.41, 5.74) is 0. The zero-order valence-electron chi connectivity index (χ0n) is 10.2. The maximum absolute atomic E-state index is 11.9. The molecule has 0 bridgehead atoms. The molecule has 4 nitrogen and oxygen atoms in total. The van der Waals surface area contributed by atoms with Gasteiger partial charge in [0.15, 0.2) is 0 Å². The largest absolute Gasteiger partial charge is 0.465 e. The fourth-order valence-electron chi connectivity index (χ4n) is 2.67. The Morgan fingerprint density at radius 1 is 1.41 bits per heavy atom. The number of thioether (sulfide) groups is 1. The van der Waals surface area contributed by atoms with Gasteiger partial charge in [-0.25, -0.2) is 0 Å². The average Bonchev–Trinajstić information content (AvgIpc) is 2.60. The number of hydrogen-bond acceptors (Lipinski definition) is 4. The predicted molar refractivity (Wildman–Crippen MR) is 66.6 cm³/mol. The molecule has 1 amide bonds. The van der Waals surface area contributed by atoms with Crippen LogP contribution >= 0.6 is 11.8 Å². The van der Waals surface area contributed by atoms with E-state index in [0.29, 0.717) is 12.4 Å². The zero-order valence-corrected chi connectivity index (χ0v) is 11.1. The van der Waals surface area contributed by atoms with E-state index in [9.17, 15) is 9.59 Å². The average molecular weight is 257 g/mol. The van der Waals surface area contributed by atoms with Gasteiger partial charge < -0.3 is 9.64 Å². The lowest BCUT2D eigenvalue weighted by atomic mass is 9.93. The molecule has 0 atom stereocenters. The fraction of sp³-hybridized carbons (Fsp3) is 0.833. The molecule has 1 saturated carbocycles. The Bertz CT molecular complexity index is 313. The SMILES string of the molecule is CCOC(=O)CN1C(=O)CSC12CCCCC2. The highest BCUT2D eigenvalue weighted by Gasteiger charge is 2.47. The van der Waals surface area contributed by atoms with E-state index in [2.05, 4.69) is 0 Å². The molecule has 1 spiro atoms. The summed E-state index contributed by atoms with van der Waals surface area (Å²) < 4.78 is 4.94. The van der Waals surface area contributed by atoms with Crippen LogP contribution in [-0.4, -0.2) is 40.6 Å². The van der Waals surface area contributed by atoms with E-state index >= 15 is 0 Å². The zero-order chi connectivity index (χ0) is 12.3. The van der Waals surface area contributed by atoms with Gasteiger partial charge in [0.05, 0.1) is 17.2 Å². The van der Waals surface area contributed by atoms with E-state index in [1.54, 1.807) is 23.6 Å². The summed E-state index contributed by atoms with van der Waals surface area (Å²) in [5, 5.41) is 0. The van der Waals surface area contributed by atoms with Crippen LogP contribution in [0, 0.1) is 0 Å². The van der Waals surface area contributed by atoms with Crippen molar-refractivity contribution >= 4 is 23.6 Å². The summed E-state index contributed by atoms with van der Waals surface area (Å²) in [6.45, 7) is 2.29. The Balaban J connectivity index is 2.05. The summed E-state index contributed by atoms with van der Waals surface area (Å²) >= 11 is 1.71. The number of carbonyl (C=O) groups excluding carboxylic acids is 2. The van der Waals surface area contributed by atoms with Crippen molar-refractivity contribution in [1.82, 2.24) is 4.90 Å². The topological polar surface area (TPSA) is 46.6 Å². The number of esters is 1. The van der Waals surface area contributed by atoms with Crippen molar-refractivity contribution in [2.45, 2.75) is 43.9 Å². The first-order valence-corrected chi connectivity index (χ1v) is 7.26. The number of rotatable bonds is 3. The van der Waals surface area contributed by atoms with Gasteiger partial charge in [0, 0.05) is 0 Å². The summed E-state index contributed by atoms with van der Waals surface area (Å²) in [6, 6.07) is 0. The quantitative estimate of drug-likeness (QED) is 0.723. The molecule has 2 rings (SSSR count). The van der Waals surface area contributed by atoms with Gasteiger partial charge in [-0.15, -0.1) is 11.8 Å². The molecule has 1 aliphatic carbocycles. The van der Waals surface area contributed by atoms with Gasteiger partial charge >= 0.3 is 5.97 Å². The fourth-order valence-corrected chi connectivity index (χ4v) is 4.11. The molecule has 0 N–H and O–H groups in total. The van der Waals surface area contributed by atoms with Crippen molar-refractivity contribution in [1.29, 1.82) is 0 Å². The first kappa shape index (κ1) is 12.7. The van der Waals surface area contributed by atoms with Crippen molar-refractivity contribution in [3.05, 3.63) is 0 Å². The number of ether oxygens (including phenoxy) is 1. The molecule has 0 aromatic heterocycles. The molecule has 5 heteroatoms. The second-order valence-corrected chi connectivity index (χ2v) is 5.92. The first-order valence-electron chi connectivity index (χ1n) is 6.28. The van der Waals surface area contributed by atoms with E-state index in [0.717, 1.165) is 25.7 Å². The molecule has 0 aromatic rings. The van der Waals surface area contributed by atoms with Gasteiger partial charge in [-0.05, 0) is 19.8 Å². The molecule has 0 unspecified atom stereocenters. The summed E-state index contributed by atoms with van der Waals surface area (Å²) in [6.07, 6.45) is 5.58. The van der Waals surface area contributed by atoms with Crippen LogP contribution in [0.4, 0.5) is 0 Å². The van der Waals surface area contributed by atoms with Crippen LogP contribution < -0.4 is 0 Å². The molecule has 17 heavy (non-hydrogen) atoms. The molecule has 96 valence electrons. The molecule has 2 fully saturated rings. The standard InChI is InChI=1S/C12H19NO3S/c1-2-16-11(15)8-13-10(14)9-17-12(13)6-4-3-5-7-12/h2-9H2,1H3. The van der Waals surface area contributed by atoms with Crippen LogP contribution in [0.15, 0.2) is 0 Å². The van der Waals surface area contributed by atoms with E-state index < -0.39 is 0 Å². The van der Waals surface area contributed by atoms with Crippen LogP contribution in [0.5, 0.6) is 0 Å². The van der Waals surface area contributed by atoms with Crippen LogP contribution in [0.25, 0.3) is 0 Å². The Hall–Kier alpha value is -0.710. The van der Waals surface area contributed by atoms with Crippen molar-refractivity contribution < 1.29 is 14.3 Å². The lowest BCUT2D eigenvalue weighted by Crippen LogP contribution is -2.48. The Morgan fingerprint density at radius 2 is 2.12 bits per heavy atom. The number of carbonyl (C=O) groups is 2. The summed E-state index contributed by atoms with van der Waals surface area (Å²) in [7, 11) is 0. The molecule has 0 radical (unpaired) electrons. The summed E-state index contributed by atoms with van der Waals surface area (Å²) in [4.78, 5) is 25.1. The molecule has 1 aliphatic heterocycles. The monoisotopic (exact) mass is 257 g/mol. The molecular formula is C12H19NO3S. The van der Waals surface area contributed by atoms with E-state index in [-0.39, 0.29) is 23.3 Å². The molecule has 1 heterocycles. The predicted octanol–water partition coefficient (Wildman–Crippen LogP) is 1.79. The van der Waals surface area contributed by atoms with Crippen molar-refractivity contribution in [3.63, 3.8) is 0 Å². The minimum absolute atomic E-state index is 0.0879. The highest BCUT2D eigenvalue weighted by atomic mass is 32.2. The van der Waals surface area contributed by atoms with Gasteiger partial charge in [0.25, 0.3) is 0 Å².